The summed E-state index contributed by atoms with van der Waals surface area (Å²) in [5.41, 5.74) is 1.08. The van der Waals surface area contributed by atoms with Crippen LogP contribution in [0.4, 0.5) is 0 Å². The molecule has 0 heterocycles. The summed E-state index contributed by atoms with van der Waals surface area (Å²) in [4.78, 5) is 23.8. The molecule has 2 rings (SSSR count). The number of carboxylic acids is 1. The molecule has 6 heteroatoms. The van der Waals surface area contributed by atoms with Crippen LogP contribution in [0, 0.1) is 0 Å². The predicted octanol–water partition coefficient (Wildman–Crippen LogP) is 3.33. The van der Waals surface area contributed by atoms with Gasteiger partial charge in [-0.15, -0.1) is 0 Å². The number of carbonyl (C=O) groups excluding carboxylic acids is 1. The van der Waals surface area contributed by atoms with Gasteiger partial charge in [-0.25, -0.2) is 4.79 Å². The number of aliphatic carboxylic acids is 1. The van der Waals surface area contributed by atoms with Crippen molar-refractivity contribution in [2.75, 3.05) is 6.61 Å². The first-order valence-electron chi connectivity index (χ1n) is 7.62. The molecule has 0 aliphatic carbocycles. The van der Waals surface area contributed by atoms with Gasteiger partial charge in [0.25, 0.3) is 5.91 Å². The van der Waals surface area contributed by atoms with Gasteiger partial charge in [-0.2, -0.15) is 0 Å². The first-order chi connectivity index (χ1) is 12.0. The van der Waals surface area contributed by atoms with Gasteiger partial charge < -0.3 is 15.2 Å². The number of hydrogen-bond acceptors (Lipinski definition) is 3. The molecule has 0 aromatic heterocycles. The molecule has 0 aliphatic rings. The van der Waals surface area contributed by atoms with Crippen LogP contribution < -0.4 is 10.1 Å². The monoisotopic (exact) mass is 359 g/mol. The lowest BCUT2D eigenvalue weighted by molar-refractivity contribution is -0.139. The van der Waals surface area contributed by atoms with Crippen molar-refractivity contribution in [3.8, 4) is 5.75 Å². The van der Waals surface area contributed by atoms with E-state index in [0.717, 1.165) is 5.56 Å². The molecule has 0 aliphatic heterocycles. The van der Waals surface area contributed by atoms with Crippen LogP contribution in [0.15, 0.2) is 61.2 Å². The Morgan fingerprint density at radius 1 is 1.24 bits per heavy atom. The fourth-order valence-corrected chi connectivity index (χ4v) is 2.43. The van der Waals surface area contributed by atoms with E-state index in [9.17, 15) is 14.7 Å². The zero-order valence-electron chi connectivity index (χ0n) is 13.4. The maximum atomic E-state index is 12.3. The fourth-order valence-electron chi connectivity index (χ4n) is 2.20. The minimum absolute atomic E-state index is 0.191. The summed E-state index contributed by atoms with van der Waals surface area (Å²) in [7, 11) is 0. The van der Waals surface area contributed by atoms with Crippen LogP contribution in [-0.4, -0.2) is 29.6 Å². The SMILES string of the molecule is C=CCOc1ccc(C(=O)N[C@@H](Cc2ccccc2)C(=O)O)cc1Cl. The lowest BCUT2D eigenvalue weighted by Crippen LogP contribution is -2.42. The summed E-state index contributed by atoms with van der Waals surface area (Å²) in [6.07, 6.45) is 1.77. The van der Waals surface area contributed by atoms with E-state index >= 15 is 0 Å². The lowest BCUT2D eigenvalue weighted by atomic mass is 10.1. The van der Waals surface area contributed by atoms with Gasteiger partial charge in [0, 0.05) is 12.0 Å². The second-order valence-corrected chi connectivity index (χ2v) is 5.71. The smallest absolute Gasteiger partial charge is 0.326 e. The number of carboxylic acid groups (broad SMARTS) is 1. The molecule has 25 heavy (non-hydrogen) atoms. The normalized spacial score (nSPS) is 11.4. The topological polar surface area (TPSA) is 75.6 Å². The van der Waals surface area contributed by atoms with Crippen molar-refractivity contribution >= 4 is 23.5 Å². The summed E-state index contributed by atoms with van der Waals surface area (Å²) < 4.78 is 5.34. The van der Waals surface area contributed by atoms with Crippen LogP contribution in [-0.2, 0) is 11.2 Å². The first-order valence-corrected chi connectivity index (χ1v) is 8.00. The van der Waals surface area contributed by atoms with Gasteiger partial charge >= 0.3 is 5.97 Å². The molecule has 130 valence electrons. The number of ether oxygens (including phenoxy) is 1. The number of hydrogen-bond donors (Lipinski definition) is 2. The van der Waals surface area contributed by atoms with Gasteiger partial charge in [-0.3, -0.25) is 4.79 Å². The maximum absolute atomic E-state index is 12.3. The summed E-state index contributed by atoms with van der Waals surface area (Å²) in [5, 5.41) is 12.1. The molecule has 0 saturated carbocycles. The van der Waals surface area contributed by atoms with Crippen molar-refractivity contribution in [2.45, 2.75) is 12.5 Å². The highest BCUT2D eigenvalue weighted by atomic mass is 35.5. The highest BCUT2D eigenvalue weighted by Gasteiger charge is 2.21. The van der Waals surface area contributed by atoms with Crippen molar-refractivity contribution in [1.82, 2.24) is 5.32 Å². The van der Waals surface area contributed by atoms with Crippen LogP contribution in [0.3, 0.4) is 0 Å². The average molecular weight is 360 g/mol. The molecule has 1 atom stereocenters. The van der Waals surface area contributed by atoms with Crippen LogP contribution >= 0.6 is 11.6 Å². The molecule has 1 amide bonds. The Kier molecular flexibility index (Phi) is 6.60. The summed E-state index contributed by atoms with van der Waals surface area (Å²) in [6, 6.07) is 12.6. The van der Waals surface area contributed by atoms with Gasteiger partial charge in [-0.1, -0.05) is 54.6 Å². The molecule has 0 fully saturated rings. The molecule has 0 bridgehead atoms. The van der Waals surface area contributed by atoms with Crippen molar-refractivity contribution in [1.29, 1.82) is 0 Å². The Morgan fingerprint density at radius 3 is 2.56 bits per heavy atom. The summed E-state index contributed by atoms with van der Waals surface area (Å²) in [5.74, 6) is -1.19. The Morgan fingerprint density at radius 2 is 1.96 bits per heavy atom. The third-order valence-corrected chi connectivity index (χ3v) is 3.73. The van der Waals surface area contributed by atoms with Crippen LogP contribution in [0.5, 0.6) is 5.75 Å². The number of benzene rings is 2. The molecule has 0 spiro atoms. The highest BCUT2D eigenvalue weighted by Crippen LogP contribution is 2.25. The molecule has 2 aromatic carbocycles. The van der Waals surface area contributed by atoms with Crippen LogP contribution in [0.1, 0.15) is 15.9 Å². The van der Waals surface area contributed by atoms with E-state index in [2.05, 4.69) is 11.9 Å². The fraction of sp³-hybridized carbons (Fsp3) is 0.158. The molecule has 0 radical (unpaired) electrons. The molecular formula is C19H18ClNO4. The number of rotatable bonds is 8. The third-order valence-electron chi connectivity index (χ3n) is 3.44. The van der Waals surface area contributed by atoms with Gasteiger partial charge in [-0.05, 0) is 23.8 Å². The molecule has 5 nitrogen and oxygen atoms in total. The third kappa shape index (κ3) is 5.36. The highest BCUT2D eigenvalue weighted by molar-refractivity contribution is 6.32. The zero-order valence-corrected chi connectivity index (χ0v) is 14.2. The standard InChI is InChI=1S/C19H18ClNO4/c1-2-10-25-17-9-8-14(12-15(17)20)18(22)21-16(19(23)24)11-13-6-4-3-5-7-13/h2-9,12,16H,1,10-11H2,(H,21,22)(H,23,24)/t16-/m0/s1. The predicted molar refractivity (Wildman–Crippen MR) is 96.2 cm³/mol. The van der Waals surface area contributed by atoms with E-state index in [1.165, 1.54) is 12.1 Å². The summed E-state index contributed by atoms with van der Waals surface area (Å²) in [6.45, 7) is 3.84. The second-order valence-electron chi connectivity index (χ2n) is 5.30. The van der Waals surface area contributed by atoms with Gasteiger partial charge in [0.2, 0.25) is 0 Å². The van der Waals surface area contributed by atoms with E-state index in [4.69, 9.17) is 16.3 Å². The summed E-state index contributed by atoms with van der Waals surface area (Å²) >= 11 is 6.08. The second kappa shape index (κ2) is 8.89. The number of nitrogens with one attached hydrogen (secondary N) is 1. The first kappa shape index (κ1) is 18.5. The van der Waals surface area contributed by atoms with Crippen molar-refractivity contribution in [2.24, 2.45) is 0 Å². The molecule has 2 N–H and O–H groups in total. The van der Waals surface area contributed by atoms with E-state index in [1.807, 2.05) is 30.3 Å². The number of carbonyl (C=O) groups is 2. The zero-order chi connectivity index (χ0) is 18.2. The van der Waals surface area contributed by atoms with Crippen molar-refractivity contribution in [3.05, 3.63) is 77.3 Å². The Balaban J connectivity index is 2.09. The molecule has 0 unspecified atom stereocenters. The Labute approximate surface area is 150 Å². The average Bonchev–Trinajstić information content (AvgIpc) is 2.60. The maximum Gasteiger partial charge on any atom is 0.326 e. The minimum atomic E-state index is -1.10. The Bertz CT molecular complexity index is 761. The largest absolute Gasteiger partial charge is 0.488 e. The quantitative estimate of drug-likeness (QED) is 0.709. The van der Waals surface area contributed by atoms with Gasteiger partial charge in [0.05, 0.1) is 5.02 Å². The molecule has 2 aromatic rings. The minimum Gasteiger partial charge on any atom is -0.488 e. The van der Waals surface area contributed by atoms with E-state index in [-0.39, 0.29) is 17.0 Å². The van der Waals surface area contributed by atoms with E-state index in [0.29, 0.717) is 12.4 Å². The lowest BCUT2D eigenvalue weighted by Gasteiger charge is -2.15. The van der Waals surface area contributed by atoms with Crippen LogP contribution in [0.2, 0.25) is 5.02 Å². The van der Waals surface area contributed by atoms with Crippen LogP contribution in [0.25, 0.3) is 0 Å². The Hall–Kier alpha value is -2.79. The van der Waals surface area contributed by atoms with Crippen molar-refractivity contribution < 1.29 is 19.4 Å². The van der Waals surface area contributed by atoms with Gasteiger partial charge in [0.15, 0.2) is 0 Å². The van der Waals surface area contributed by atoms with Crippen molar-refractivity contribution in [3.63, 3.8) is 0 Å². The number of halogens is 1. The van der Waals surface area contributed by atoms with E-state index in [1.54, 1.807) is 12.1 Å². The number of amides is 1. The molecular weight excluding hydrogens is 342 g/mol. The molecule has 0 saturated heterocycles. The van der Waals surface area contributed by atoms with Gasteiger partial charge in [0.1, 0.15) is 18.4 Å². The van der Waals surface area contributed by atoms with E-state index < -0.39 is 17.9 Å².